The summed E-state index contributed by atoms with van der Waals surface area (Å²) < 4.78 is 5.37. The predicted octanol–water partition coefficient (Wildman–Crippen LogP) is 2.22. The fraction of sp³-hybridized carbons (Fsp3) is 0.375. The SMILES string of the molecule is CN1C=CC(C2CC(c3ccccc3)OC(=O)N2)CC1=O. The van der Waals surface area contributed by atoms with Crippen LogP contribution in [-0.2, 0) is 9.53 Å². The van der Waals surface area contributed by atoms with Gasteiger partial charge in [-0.15, -0.1) is 0 Å². The third-order valence-corrected chi connectivity index (χ3v) is 4.07. The highest BCUT2D eigenvalue weighted by atomic mass is 16.6. The number of cyclic esters (lactones) is 1. The summed E-state index contributed by atoms with van der Waals surface area (Å²) in [6.45, 7) is 0. The zero-order valence-corrected chi connectivity index (χ0v) is 11.9. The van der Waals surface area contributed by atoms with Crippen molar-refractivity contribution in [3.63, 3.8) is 0 Å². The Kier molecular flexibility index (Phi) is 3.64. The minimum atomic E-state index is -0.417. The standard InChI is InChI=1S/C16H18N2O3/c1-18-8-7-12(9-15(18)19)13-10-14(21-16(20)17-13)11-5-3-2-4-6-11/h2-8,12-14H,9-10H2,1H3,(H,17,20). The molecule has 0 aromatic heterocycles. The van der Waals surface area contributed by atoms with Gasteiger partial charge in [0.05, 0.1) is 0 Å². The van der Waals surface area contributed by atoms with Gasteiger partial charge in [0.2, 0.25) is 5.91 Å². The van der Waals surface area contributed by atoms with Crippen LogP contribution < -0.4 is 5.32 Å². The first-order chi connectivity index (χ1) is 10.1. The highest BCUT2D eigenvalue weighted by molar-refractivity contribution is 5.78. The van der Waals surface area contributed by atoms with Crippen molar-refractivity contribution in [1.29, 1.82) is 0 Å². The summed E-state index contributed by atoms with van der Waals surface area (Å²) in [5.74, 6) is 0.0901. The van der Waals surface area contributed by atoms with Crippen LogP contribution in [-0.4, -0.2) is 30.0 Å². The second-order valence-electron chi connectivity index (χ2n) is 5.51. The van der Waals surface area contributed by atoms with E-state index >= 15 is 0 Å². The first-order valence-electron chi connectivity index (χ1n) is 7.09. The number of alkyl carbamates (subject to hydrolysis) is 1. The van der Waals surface area contributed by atoms with Crippen LogP contribution in [0.5, 0.6) is 0 Å². The number of carbonyl (C=O) groups excluding carboxylic acids is 2. The van der Waals surface area contributed by atoms with Crippen LogP contribution >= 0.6 is 0 Å². The van der Waals surface area contributed by atoms with Crippen LogP contribution in [0.1, 0.15) is 24.5 Å². The maximum atomic E-state index is 11.8. The molecule has 2 aliphatic heterocycles. The van der Waals surface area contributed by atoms with Crippen molar-refractivity contribution in [3.05, 3.63) is 48.2 Å². The molecule has 0 radical (unpaired) electrons. The monoisotopic (exact) mass is 286 g/mol. The number of nitrogens with one attached hydrogen (secondary N) is 1. The third-order valence-electron chi connectivity index (χ3n) is 4.07. The van der Waals surface area contributed by atoms with Crippen LogP contribution in [0, 0.1) is 5.92 Å². The molecule has 21 heavy (non-hydrogen) atoms. The molecule has 0 aliphatic carbocycles. The van der Waals surface area contributed by atoms with E-state index in [0.717, 1.165) is 5.56 Å². The minimum Gasteiger partial charge on any atom is -0.441 e. The molecule has 1 fully saturated rings. The van der Waals surface area contributed by atoms with Gasteiger partial charge in [-0.3, -0.25) is 4.79 Å². The molecule has 3 atom stereocenters. The second kappa shape index (κ2) is 5.60. The molecule has 1 saturated heterocycles. The van der Waals surface area contributed by atoms with Crippen molar-refractivity contribution in [2.75, 3.05) is 7.05 Å². The van der Waals surface area contributed by atoms with E-state index in [1.54, 1.807) is 18.1 Å². The minimum absolute atomic E-state index is 0.0211. The van der Waals surface area contributed by atoms with E-state index in [-0.39, 0.29) is 24.0 Å². The van der Waals surface area contributed by atoms with Gasteiger partial charge in [-0.1, -0.05) is 36.4 Å². The number of rotatable bonds is 2. The number of nitrogens with zero attached hydrogens (tertiary/aromatic N) is 1. The molecule has 3 rings (SSSR count). The molecule has 5 nitrogen and oxygen atoms in total. The van der Waals surface area contributed by atoms with Crippen LogP contribution in [0.4, 0.5) is 4.79 Å². The summed E-state index contributed by atoms with van der Waals surface area (Å²) in [6.07, 6.45) is 4.17. The zero-order chi connectivity index (χ0) is 14.8. The molecule has 1 aromatic carbocycles. The van der Waals surface area contributed by atoms with Crippen molar-refractivity contribution in [3.8, 4) is 0 Å². The van der Waals surface area contributed by atoms with Gasteiger partial charge in [0.25, 0.3) is 0 Å². The van der Waals surface area contributed by atoms with Gasteiger partial charge in [-0.05, 0) is 5.56 Å². The largest absolute Gasteiger partial charge is 0.441 e. The number of amides is 2. The van der Waals surface area contributed by atoms with Crippen molar-refractivity contribution in [2.45, 2.75) is 25.0 Å². The summed E-state index contributed by atoms with van der Waals surface area (Å²) in [7, 11) is 1.74. The smallest absolute Gasteiger partial charge is 0.407 e. The lowest BCUT2D eigenvalue weighted by Crippen LogP contribution is -2.48. The lowest BCUT2D eigenvalue weighted by Gasteiger charge is -2.35. The zero-order valence-electron chi connectivity index (χ0n) is 11.9. The summed E-state index contributed by atoms with van der Waals surface area (Å²) in [4.78, 5) is 25.2. The lowest BCUT2D eigenvalue weighted by atomic mass is 9.87. The maximum Gasteiger partial charge on any atom is 0.407 e. The Hall–Kier alpha value is -2.30. The molecule has 0 bridgehead atoms. The van der Waals surface area contributed by atoms with Crippen molar-refractivity contribution in [1.82, 2.24) is 10.2 Å². The molecule has 1 N–H and O–H groups in total. The molecule has 0 spiro atoms. The quantitative estimate of drug-likeness (QED) is 0.907. The Labute approximate surface area is 123 Å². The van der Waals surface area contributed by atoms with E-state index < -0.39 is 6.09 Å². The Bertz CT molecular complexity index is 570. The van der Waals surface area contributed by atoms with Gasteiger partial charge >= 0.3 is 6.09 Å². The fourth-order valence-electron chi connectivity index (χ4n) is 2.82. The summed E-state index contributed by atoms with van der Waals surface area (Å²) >= 11 is 0. The molecule has 5 heteroatoms. The van der Waals surface area contributed by atoms with Crippen LogP contribution in [0.2, 0.25) is 0 Å². The first kappa shape index (κ1) is 13.7. The molecule has 1 aromatic rings. The van der Waals surface area contributed by atoms with E-state index in [4.69, 9.17) is 4.74 Å². The van der Waals surface area contributed by atoms with Crippen molar-refractivity contribution < 1.29 is 14.3 Å². The number of hydrogen-bond donors (Lipinski definition) is 1. The van der Waals surface area contributed by atoms with Gasteiger partial charge in [-0.2, -0.15) is 0 Å². The highest BCUT2D eigenvalue weighted by Gasteiger charge is 2.35. The summed E-state index contributed by atoms with van der Waals surface area (Å²) in [6, 6.07) is 9.62. The molecule has 110 valence electrons. The number of ether oxygens (including phenoxy) is 1. The summed E-state index contributed by atoms with van der Waals surface area (Å²) in [5, 5.41) is 2.84. The van der Waals surface area contributed by atoms with E-state index in [1.807, 2.05) is 36.4 Å². The Balaban J connectivity index is 1.76. The van der Waals surface area contributed by atoms with E-state index in [0.29, 0.717) is 12.8 Å². The first-order valence-corrected chi connectivity index (χ1v) is 7.09. The van der Waals surface area contributed by atoms with Crippen LogP contribution in [0.15, 0.2) is 42.6 Å². The number of carbonyl (C=O) groups is 2. The third kappa shape index (κ3) is 2.91. The molecular weight excluding hydrogens is 268 g/mol. The van der Waals surface area contributed by atoms with E-state index in [9.17, 15) is 9.59 Å². The summed E-state index contributed by atoms with van der Waals surface area (Å²) in [5.41, 5.74) is 0.987. The molecule has 3 unspecified atom stereocenters. The topological polar surface area (TPSA) is 58.6 Å². The van der Waals surface area contributed by atoms with Gasteiger partial charge in [0.1, 0.15) is 6.10 Å². The molecule has 2 heterocycles. The Morgan fingerprint density at radius 1 is 1.24 bits per heavy atom. The highest BCUT2D eigenvalue weighted by Crippen LogP contribution is 2.31. The van der Waals surface area contributed by atoms with Crippen LogP contribution in [0.25, 0.3) is 0 Å². The van der Waals surface area contributed by atoms with E-state index in [1.165, 1.54) is 0 Å². The van der Waals surface area contributed by atoms with Crippen LogP contribution in [0.3, 0.4) is 0 Å². The van der Waals surface area contributed by atoms with E-state index in [2.05, 4.69) is 5.32 Å². The predicted molar refractivity (Wildman–Crippen MR) is 77.2 cm³/mol. The Morgan fingerprint density at radius 2 is 2.00 bits per heavy atom. The lowest BCUT2D eigenvalue weighted by molar-refractivity contribution is -0.129. The fourth-order valence-corrected chi connectivity index (χ4v) is 2.82. The normalized spacial score (nSPS) is 29.0. The molecular formula is C16H18N2O3. The van der Waals surface area contributed by atoms with Gasteiger partial charge in [-0.25, -0.2) is 4.79 Å². The Morgan fingerprint density at radius 3 is 2.71 bits per heavy atom. The maximum absolute atomic E-state index is 11.8. The number of hydrogen-bond acceptors (Lipinski definition) is 3. The average Bonchev–Trinajstić information content (AvgIpc) is 2.50. The van der Waals surface area contributed by atoms with Gasteiger partial charge in [0, 0.05) is 38.0 Å². The molecule has 0 saturated carbocycles. The van der Waals surface area contributed by atoms with Gasteiger partial charge < -0.3 is 15.0 Å². The van der Waals surface area contributed by atoms with Crippen molar-refractivity contribution in [2.24, 2.45) is 5.92 Å². The average molecular weight is 286 g/mol. The second-order valence-corrected chi connectivity index (χ2v) is 5.51. The molecule has 2 aliphatic rings. The molecule has 2 amide bonds. The van der Waals surface area contributed by atoms with Crippen molar-refractivity contribution >= 4 is 12.0 Å². The van der Waals surface area contributed by atoms with Gasteiger partial charge in [0.15, 0.2) is 0 Å². The number of benzene rings is 1.